The van der Waals surface area contributed by atoms with Gasteiger partial charge in [-0.2, -0.15) is 0 Å². The Bertz CT molecular complexity index is 1240. The predicted octanol–water partition coefficient (Wildman–Crippen LogP) is 3.86. The highest BCUT2D eigenvalue weighted by Gasteiger charge is 2.38. The number of carbonyl (C=O) groups excluding carboxylic acids is 3. The van der Waals surface area contributed by atoms with Gasteiger partial charge in [0.15, 0.2) is 6.61 Å². The molecule has 1 aliphatic heterocycles. The molecule has 0 aliphatic carbocycles. The number of amides is 3. The monoisotopic (exact) mass is 489 g/mol. The second-order valence-electron chi connectivity index (χ2n) is 7.93. The molecule has 1 unspecified atom stereocenters. The lowest BCUT2D eigenvalue weighted by atomic mass is 10.0. The fourth-order valence-electron chi connectivity index (χ4n) is 3.90. The second-order valence-corrected chi connectivity index (χ2v) is 7.93. The minimum absolute atomic E-state index is 0.255. The van der Waals surface area contributed by atoms with E-state index < -0.39 is 23.8 Å². The van der Waals surface area contributed by atoms with Crippen LogP contribution in [0.15, 0.2) is 72.8 Å². The van der Waals surface area contributed by atoms with E-state index in [1.165, 1.54) is 4.90 Å². The number of hydrogen-bond donors (Lipinski definition) is 2. The van der Waals surface area contributed by atoms with Crippen LogP contribution < -0.4 is 29.7 Å². The molecule has 0 spiro atoms. The fourth-order valence-corrected chi connectivity index (χ4v) is 3.90. The van der Waals surface area contributed by atoms with Crippen LogP contribution in [0.4, 0.5) is 17.1 Å². The number of nitrogens with one attached hydrogen (secondary N) is 2. The molecule has 186 valence electrons. The van der Waals surface area contributed by atoms with E-state index in [1.54, 1.807) is 79.9 Å². The number of para-hydroxylation sites is 4. The molecule has 0 saturated carbocycles. The van der Waals surface area contributed by atoms with Gasteiger partial charge in [-0.1, -0.05) is 24.3 Å². The smallest absolute Gasteiger partial charge is 0.265 e. The van der Waals surface area contributed by atoms with Crippen LogP contribution in [0.2, 0.25) is 0 Å². The Morgan fingerprint density at radius 1 is 0.944 bits per heavy atom. The fraction of sp³-hybridized carbons (Fsp3) is 0.222. The van der Waals surface area contributed by atoms with Gasteiger partial charge in [-0.25, -0.2) is 0 Å². The summed E-state index contributed by atoms with van der Waals surface area (Å²) in [5.74, 6) is 0.302. The molecular formula is C27H27N3O6. The standard InChI is InChI=1S/C27H27N3O6/c1-3-35-24-11-7-5-9-21(24)28-25(31)16-23-27(33)29-20-8-4-6-10-22(20)30(23)26(32)17-36-19-14-12-18(34-2)13-15-19/h4-15,23H,3,16-17H2,1-2H3,(H,28,31)(H,29,33). The Kier molecular flexibility index (Phi) is 7.69. The van der Waals surface area contributed by atoms with Gasteiger partial charge in [0, 0.05) is 0 Å². The summed E-state index contributed by atoms with van der Waals surface area (Å²) >= 11 is 0. The van der Waals surface area contributed by atoms with Gasteiger partial charge in [0.05, 0.1) is 37.2 Å². The van der Waals surface area contributed by atoms with Crippen molar-refractivity contribution in [3.05, 3.63) is 72.8 Å². The Morgan fingerprint density at radius 2 is 1.64 bits per heavy atom. The summed E-state index contributed by atoms with van der Waals surface area (Å²) in [6, 6.07) is 19.7. The van der Waals surface area contributed by atoms with Gasteiger partial charge in [0.2, 0.25) is 11.8 Å². The molecule has 4 rings (SSSR count). The quantitative estimate of drug-likeness (QED) is 0.473. The number of rotatable bonds is 9. The molecule has 9 nitrogen and oxygen atoms in total. The molecule has 3 aromatic rings. The van der Waals surface area contributed by atoms with Crippen LogP contribution in [0.3, 0.4) is 0 Å². The molecule has 0 fully saturated rings. The molecule has 0 saturated heterocycles. The maximum absolute atomic E-state index is 13.3. The zero-order chi connectivity index (χ0) is 25.5. The first-order valence-corrected chi connectivity index (χ1v) is 11.5. The SMILES string of the molecule is CCOc1ccccc1NC(=O)CC1C(=O)Nc2ccccc2N1C(=O)COc1ccc(OC)cc1. The van der Waals surface area contributed by atoms with Gasteiger partial charge in [-0.15, -0.1) is 0 Å². The van der Waals surface area contributed by atoms with Gasteiger partial charge in [-0.3, -0.25) is 19.3 Å². The van der Waals surface area contributed by atoms with E-state index >= 15 is 0 Å². The van der Waals surface area contributed by atoms with Crippen LogP contribution in [0.25, 0.3) is 0 Å². The Hall–Kier alpha value is -4.53. The Morgan fingerprint density at radius 3 is 2.39 bits per heavy atom. The first-order valence-electron chi connectivity index (χ1n) is 11.5. The summed E-state index contributed by atoms with van der Waals surface area (Å²) in [5, 5.41) is 5.58. The normalized spacial score (nSPS) is 14.3. The molecule has 2 N–H and O–H groups in total. The zero-order valence-corrected chi connectivity index (χ0v) is 20.0. The molecule has 3 amide bonds. The lowest BCUT2D eigenvalue weighted by Crippen LogP contribution is -2.53. The average Bonchev–Trinajstić information content (AvgIpc) is 2.89. The van der Waals surface area contributed by atoms with Crippen molar-refractivity contribution in [1.82, 2.24) is 0 Å². The summed E-state index contributed by atoms with van der Waals surface area (Å²) < 4.78 is 16.4. The molecular weight excluding hydrogens is 462 g/mol. The van der Waals surface area contributed by atoms with E-state index in [-0.39, 0.29) is 13.0 Å². The van der Waals surface area contributed by atoms with Crippen molar-refractivity contribution in [3.63, 3.8) is 0 Å². The van der Waals surface area contributed by atoms with E-state index in [0.29, 0.717) is 40.9 Å². The number of hydrogen-bond acceptors (Lipinski definition) is 6. The number of nitrogens with zero attached hydrogens (tertiary/aromatic N) is 1. The molecule has 3 aromatic carbocycles. The van der Waals surface area contributed by atoms with Gasteiger partial charge in [0.25, 0.3) is 5.91 Å². The number of benzene rings is 3. The van der Waals surface area contributed by atoms with E-state index in [2.05, 4.69) is 10.6 Å². The summed E-state index contributed by atoms with van der Waals surface area (Å²) in [4.78, 5) is 40.6. The second kappa shape index (κ2) is 11.3. The van der Waals surface area contributed by atoms with Crippen molar-refractivity contribution in [2.45, 2.75) is 19.4 Å². The Labute approximate surface area is 209 Å². The van der Waals surface area contributed by atoms with Crippen molar-refractivity contribution >= 4 is 34.8 Å². The number of anilines is 3. The van der Waals surface area contributed by atoms with Crippen LogP contribution >= 0.6 is 0 Å². The number of ether oxygens (including phenoxy) is 3. The Balaban J connectivity index is 1.53. The summed E-state index contributed by atoms with van der Waals surface area (Å²) in [6.07, 6.45) is -0.255. The lowest BCUT2D eigenvalue weighted by molar-refractivity contribution is -0.127. The predicted molar refractivity (Wildman–Crippen MR) is 136 cm³/mol. The number of methoxy groups -OCH3 is 1. The van der Waals surface area contributed by atoms with Crippen LogP contribution in [0, 0.1) is 0 Å². The van der Waals surface area contributed by atoms with Crippen molar-refractivity contribution in [2.24, 2.45) is 0 Å². The van der Waals surface area contributed by atoms with E-state index in [9.17, 15) is 14.4 Å². The van der Waals surface area contributed by atoms with Crippen LogP contribution in [-0.2, 0) is 14.4 Å². The maximum atomic E-state index is 13.3. The van der Waals surface area contributed by atoms with E-state index in [1.807, 2.05) is 6.92 Å². The molecule has 1 atom stereocenters. The van der Waals surface area contributed by atoms with Crippen molar-refractivity contribution in [2.75, 3.05) is 35.9 Å². The highest BCUT2D eigenvalue weighted by Crippen LogP contribution is 2.33. The molecule has 0 bridgehead atoms. The summed E-state index contributed by atoms with van der Waals surface area (Å²) in [7, 11) is 1.56. The number of carbonyl (C=O) groups is 3. The van der Waals surface area contributed by atoms with E-state index in [0.717, 1.165) is 0 Å². The van der Waals surface area contributed by atoms with E-state index in [4.69, 9.17) is 14.2 Å². The van der Waals surface area contributed by atoms with Crippen LogP contribution in [-0.4, -0.2) is 44.1 Å². The third-order valence-corrected chi connectivity index (χ3v) is 5.57. The highest BCUT2D eigenvalue weighted by atomic mass is 16.5. The minimum atomic E-state index is -1.06. The number of fused-ring (bicyclic) bond motifs is 1. The first-order chi connectivity index (χ1) is 17.5. The van der Waals surface area contributed by atoms with Crippen molar-refractivity contribution < 1.29 is 28.6 Å². The minimum Gasteiger partial charge on any atom is -0.497 e. The van der Waals surface area contributed by atoms with Crippen LogP contribution in [0.5, 0.6) is 17.2 Å². The molecule has 0 radical (unpaired) electrons. The molecule has 9 heteroatoms. The molecule has 1 aliphatic rings. The molecule has 1 heterocycles. The van der Waals surface area contributed by atoms with Crippen molar-refractivity contribution in [1.29, 1.82) is 0 Å². The first kappa shape index (κ1) is 24.6. The summed E-state index contributed by atoms with van der Waals surface area (Å²) in [6.45, 7) is 1.96. The van der Waals surface area contributed by atoms with Gasteiger partial charge < -0.3 is 24.8 Å². The molecule has 0 aromatic heterocycles. The lowest BCUT2D eigenvalue weighted by Gasteiger charge is -2.36. The van der Waals surface area contributed by atoms with Crippen molar-refractivity contribution in [3.8, 4) is 17.2 Å². The highest BCUT2D eigenvalue weighted by molar-refractivity contribution is 6.14. The third kappa shape index (κ3) is 5.57. The van der Waals surface area contributed by atoms with Gasteiger partial charge >= 0.3 is 0 Å². The summed E-state index contributed by atoms with van der Waals surface area (Å²) in [5.41, 5.74) is 1.47. The topological polar surface area (TPSA) is 106 Å². The largest absolute Gasteiger partial charge is 0.497 e. The van der Waals surface area contributed by atoms with Gasteiger partial charge in [0.1, 0.15) is 23.3 Å². The van der Waals surface area contributed by atoms with Gasteiger partial charge in [-0.05, 0) is 55.5 Å². The maximum Gasteiger partial charge on any atom is 0.265 e. The molecule has 36 heavy (non-hydrogen) atoms. The zero-order valence-electron chi connectivity index (χ0n) is 20.0. The third-order valence-electron chi connectivity index (χ3n) is 5.57. The average molecular weight is 490 g/mol. The van der Waals surface area contributed by atoms with Crippen LogP contribution in [0.1, 0.15) is 13.3 Å².